The molecule has 1 aromatic carbocycles. The van der Waals surface area contributed by atoms with Gasteiger partial charge >= 0.3 is 5.97 Å². The summed E-state index contributed by atoms with van der Waals surface area (Å²) in [6.45, 7) is 3.62. The van der Waals surface area contributed by atoms with Gasteiger partial charge in [-0.3, -0.25) is 4.79 Å². The van der Waals surface area contributed by atoms with Crippen molar-refractivity contribution in [2.45, 2.75) is 19.8 Å². The third-order valence-corrected chi connectivity index (χ3v) is 3.04. The van der Waals surface area contributed by atoms with E-state index in [0.29, 0.717) is 29.8 Å². The summed E-state index contributed by atoms with van der Waals surface area (Å²) in [5.41, 5.74) is 0.383. The molecule has 0 heterocycles. The molecule has 0 aliphatic carbocycles. The number of nitrogens with one attached hydrogen (secondary N) is 1. The van der Waals surface area contributed by atoms with Gasteiger partial charge in [0.15, 0.2) is 0 Å². The topological polar surface area (TPSA) is 75.6 Å². The second-order valence-corrected chi connectivity index (χ2v) is 5.17. The number of carbonyl (C=O) groups excluding carboxylic acids is 1. The second kappa shape index (κ2) is 8.71. The molecule has 0 bridgehead atoms. The molecule has 0 saturated carbocycles. The van der Waals surface area contributed by atoms with Crippen molar-refractivity contribution in [2.24, 2.45) is 0 Å². The van der Waals surface area contributed by atoms with E-state index < -0.39 is 5.97 Å². The van der Waals surface area contributed by atoms with Crippen molar-refractivity contribution in [1.82, 2.24) is 5.32 Å². The van der Waals surface area contributed by atoms with Gasteiger partial charge in [-0.05, 0) is 24.6 Å². The largest absolute Gasteiger partial charge is 0.478 e. The number of hydrogen-bond donors (Lipinski definition) is 2. The number of hydrogen-bond acceptors (Lipinski definition) is 3. The summed E-state index contributed by atoms with van der Waals surface area (Å²) in [5, 5.41) is 11.6. The summed E-state index contributed by atoms with van der Waals surface area (Å²) >= 11 is 3.19. The zero-order chi connectivity index (χ0) is 15.0. The molecular weight excluding hydrogens is 326 g/mol. The number of amides is 1. The molecule has 0 unspecified atom stereocenters. The minimum atomic E-state index is -1.07. The van der Waals surface area contributed by atoms with E-state index in [-0.39, 0.29) is 11.5 Å². The fourth-order valence-corrected chi connectivity index (χ4v) is 2.02. The molecule has 1 rings (SSSR count). The van der Waals surface area contributed by atoms with Gasteiger partial charge in [0.1, 0.15) is 0 Å². The van der Waals surface area contributed by atoms with Crippen molar-refractivity contribution in [3.63, 3.8) is 0 Å². The average molecular weight is 344 g/mol. The number of aromatic carboxylic acids is 1. The van der Waals surface area contributed by atoms with Crippen LogP contribution in [0.4, 0.5) is 0 Å². The molecule has 1 aromatic rings. The number of rotatable bonds is 8. The Balaban J connectivity index is 2.49. The van der Waals surface area contributed by atoms with Crippen LogP contribution in [0.25, 0.3) is 0 Å². The standard InChI is InChI=1S/C14H18BrNO4/c1-2-3-5-20-6-4-16-13(17)10-7-11(14(18)19)9-12(15)8-10/h7-9H,2-6H2,1H3,(H,16,17)(H,18,19). The Bertz CT molecular complexity index is 476. The second-order valence-electron chi connectivity index (χ2n) is 4.26. The molecule has 0 spiro atoms. The van der Waals surface area contributed by atoms with Crippen molar-refractivity contribution in [2.75, 3.05) is 19.8 Å². The Hall–Kier alpha value is -1.40. The summed E-state index contributed by atoms with van der Waals surface area (Å²) in [7, 11) is 0. The SMILES string of the molecule is CCCCOCCNC(=O)c1cc(Br)cc(C(=O)O)c1. The third-order valence-electron chi connectivity index (χ3n) is 2.58. The van der Waals surface area contributed by atoms with Gasteiger partial charge in [0.2, 0.25) is 0 Å². The first-order valence-electron chi connectivity index (χ1n) is 6.44. The van der Waals surface area contributed by atoms with Crippen molar-refractivity contribution < 1.29 is 19.4 Å². The van der Waals surface area contributed by atoms with E-state index in [0.717, 1.165) is 12.8 Å². The highest BCUT2D eigenvalue weighted by molar-refractivity contribution is 9.10. The van der Waals surface area contributed by atoms with Gasteiger partial charge in [0.05, 0.1) is 12.2 Å². The van der Waals surface area contributed by atoms with Gasteiger partial charge in [-0.2, -0.15) is 0 Å². The average Bonchev–Trinajstić information content (AvgIpc) is 2.41. The first kappa shape index (κ1) is 16.7. The predicted molar refractivity (Wildman–Crippen MR) is 79.2 cm³/mol. The van der Waals surface area contributed by atoms with E-state index in [1.54, 1.807) is 6.07 Å². The molecule has 0 saturated heterocycles. The lowest BCUT2D eigenvalue weighted by atomic mass is 10.1. The number of halogens is 1. The number of unbranched alkanes of at least 4 members (excludes halogenated alkanes) is 1. The summed E-state index contributed by atoms with van der Waals surface area (Å²) in [6, 6.07) is 4.38. The minimum absolute atomic E-state index is 0.0729. The molecule has 0 aromatic heterocycles. The lowest BCUT2D eigenvalue weighted by Gasteiger charge is -2.07. The summed E-state index contributed by atoms with van der Waals surface area (Å²) < 4.78 is 5.89. The van der Waals surface area contributed by atoms with Crippen LogP contribution < -0.4 is 5.32 Å². The molecule has 0 aliphatic rings. The van der Waals surface area contributed by atoms with Crippen LogP contribution >= 0.6 is 15.9 Å². The normalized spacial score (nSPS) is 10.3. The highest BCUT2D eigenvalue weighted by Gasteiger charge is 2.11. The van der Waals surface area contributed by atoms with Gasteiger partial charge in [0.25, 0.3) is 5.91 Å². The van der Waals surface area contributed by atoms with E-state index in [1.165, 1.54) is 12.1 Å². The third kappa shape index (κ3) is 5.71. The zero-order valence-corrected chi connectivity index (χ0v) is 12.9. The van der Waals surface area contributed by atoms with Gasteiger partial charge in [-0.1, -0.05) is 29.3 Å². The van der Waals surface area contributed by atoms with Crippen molar-refractivity contribution >= 4 is 27.8 Å². The van der Waals surface area contributed by atoms with Crippen molar-refractivity contribution in [3.8, 4) is 0 Å². The van der Waals surface area contributed by atoms with Crippen LogP contribution in [0.3, 0.4) is 0 Å². The van der Waals surface area contributed by atoms with Gasteiger partial charge in [-0.25, -0.2) is 4.79 Å². The first-order valence-corrected chi connectivity index (χ1v) is 7.23. The Kier molecular flexibility index (Phi) is 7.25. The monoisotopic (exact) mass is 343 g/mol. The number of carboxylic acid groups (broad SMARTS) is 1. The number of carboxylic acids is 1. The fourth-order valence-electron chi connectivity index (χ4n) is 1.53. The predicted octanol–water partition coefficient (Wildman–Crippen LogP) is 2.69. The highest BCUT2D eigenvalue weighted by Crippen LogP contribution is 2.16. The van der Waals surface area contributed by atoms with E-state index in [2.05, 4.69) is 28.2 Å². The van der Waals surface area contributed by atoms with Gasteiger partial charge in [-0.15, -0.1) is 0 Å². The number of carbonyl (C=O) groups is 2. The summed E-state index contributed by atoms with van der Waals surface area (Å²) in [5.74, 6) is -1.38. The van der Waals surface area contributed by atoms with E-state index >= 15 is 0 Å². The molecule has 0 fully saturated rings. The van der Waals surface area contributed by atoms with Crippen LogP contribution in [-0.2, 0) is 4.74 Å². The Morgan fingerprint density at radius 3 is 2.60 bits per heavy atom. The molecule has 1 amide bonds. The highest BCUT2D eigenvalue weighted by atomic mass is 79.9. The molecule has 0 radical (unpaired) electrons. The summed E-state index contributed by atoms with van der Waals surface area (Å²) in [4.78, 5) is 22.8. The lowest BCUT2D eigenvalue weighted by molar-refractivity contribution is 0.0697. The van der Waals surface area contributed by atoms with E-state index in [9.17, 15) is 9.59 Å². The van der Waals surface area contributed by atoms with Crippen LogP contribution in [-0.4, -0.2) is 36.7 Å². The van der Waals surface area contributed by atoms with Crippen LogP contribution in [0, 0.1) is 0 Å². The molecule has 2 N–H and O–H groups in total. The quantitative estimate of drug-likeness (QED) is 0.711. The van der Waals surface area contributed by atoms with Crippen LogP contribution in [0.2, 0.25) is 0 Å². The van der Waals surface area contributed by atoms with Gasteiger partial charge in [0, 0.05) is 23.2 Å². The molecule has 0 atom stereocenters. The molecule has 20 heavy (non-hydrogen) atoms. The van der Waals surface area contributed by atoms with Crippen molar-refractivity contribution in [1.29, 1.82) is 0 Å². The van der Waals surface area contributed by atoms with Crippen LogP contribution in [0.1, 0.15) is 40.5 Å². The Morgan fingerprint density at radius 1 is 1.25 bits per heavy atom. The number of benzene rings is 1. The van der Waals surface area contributed by atoms with Crippen LogP contribution in [0.15, 0.2) is 22.7 Å². The maximum Gasteiger partial charge on any atom is 0.335 e. The molecule has 6 heteroatoms. The molecule has 5 nitrogen and oxygen atoms in total. The van der Waals surface area contributed by atoms with E-state index in [4.69, 9.17) is 9.84 Å². The van der Waals surface area contributed by atoms with E-state index in [1.807, 2.05) is 0 Å². The van der Waals surface area contributed by atoms with Crippen LogP contribution in [0.5, 0.6) is 0 Å². The van der Waals surface area contributed by atoms with Gasteiger partial charge < -0.3 is 15.2 Å². The molecule has 0 aliphatic heterocycles. The molecule has 110 valence electrons. The maximum atomic E-state index is 11.9. The zero-order valence-electron chi connectivity index (χ0n) is 11.3. The first-order chi connectivity index (χ1) is 9.54. The smallest absolute Gasteiger partial charge is 0.335 e. The Labute approximate surface area is 126 Å². The molecular formula is C14H18BrNO4. The summed E-state index contributed by atoms with van der Waals surface area (Å²) in [6.07, 6.45) is 2.07. The Morgan fingerprint density at radius 2 is 1.95 bits per heavy atom. The lowest BCUT2D eigenvalue weighted by Crippen LogP contribution is -2.27. The van der Waals surface area contributed by atoms with Crippen molar-refractivity contribution in [3.05, 3.63) is 33.8 Å². The minimum Gasteiger partial charge on any atom is -0.478 e. The maximum absolute atomic E-state index is 11.9. The number of ether oxygens (including phenoxy) is 1. The fraction of sp³-hybridized carbons (Fsp3) is 0.429.